The van der Waals surface area contributed by atoms with E-state index in [1.165, 1.54) is 30.4 Å². The van der Waals surface area contributed by atoms with Crippen molar-refractivity contribution in [3.8, 4) is 0 Å². The second-order valence-corrected chi connectivity index (χ2v) is 2.50. The van der Waals surface area contributed by atoms with Crippen LogP contribution in [0.3, 0.4) is 0 Å². The monoisotopic (exact) mass is 119 g/mol. The highest BCUT2D eigenvalue weighted by molar-refractivity contribution is 5.82. The molecule has 1 aliphatic carbocycles. The van der Waals surface area contributed by atoms with Crippen molar-refractivity contribution < 1.29 is 0 Å². The predicted molar refractivity (Wildman–Crippen MR) is 38.2 cm³/mol. The van der Waals surface area contributed by atoms with E-state index in [2.05, 4.69) is 11.1 Å². The SMILES string of the molecule is C1=CC2=C(C=[N+]1)CCC2. The van der Waals surface area contributed by atoms with Crippen molar-refractivity contribution in [2.45, 2.75) is 19.3 Å². The van der Waals surface area contributed by atoms with Gasteiger partial charge in [-0.15, -0.1) is 0 Å². The van der Waals surface area contributed by atoms with Crippen LogP contribution in [0.4, 0.5) is 0 Å². The number of rotatable bonds is 0. The minimum Gasteiger partial charge on any atom is -0.0449 e. The Kier molecular flexibility index (Phi) is 1.01. The van der Waals surface area contributed by atoms with Crippen LogP contribution in [0.25, 0.3) is 0 Å². The van der Waals surface area contributed by atoms with Crippen LogP contribution in [0, 0.1) is 0 Å². The van der Waals surface area contributed by atoms with Crippen LogP contribution in [0.15, 0.2) is 23.4 Å². The normalized spacial score (nSPS) is 23.1. The van der Waals surface area contributed by atoms with Gasteiger partial charge >= 0.3 is 0 Å². The maximum atomic E-state index is 4.06. The molecule has 0 atom stereocenters. The third kappa shape index (κ3) is 0.727. The topological polar surface area (TPSA) is 14.1 Å². The van der Waals surface area contributed by atoms with Crippen LogP contribution >= 0.6 is 0 Å². The van der Waals surface area contributed by atoms with Crippen LogP contribution in [-0.4, -0.2) is 6.21 Å². The number of aliphatic imine (C=N–C) groups is 1. The number of nitrogens with zero attached hydrogens (tertiary/aromatic N) is 1. The lowest BCUT2D eigenvalue weighted by molar-refractivity contribution is 0.911. The summed E-state index contributed by atoms with van der Waals surface area (Å²) in [5.74, 6) is 0. The molecule has 0 unspecified atom stereocenters. The average molecular weight is 119 g/mol. The van der Waals surface area contributed by atoms with Crippen molar-refractivity contribution in [3.63, 3.8) is 0 Å². The Hall–Kier alpha value is -0.850. The molecule has 1 heteroatoms. The molecular weight excluding hydrogens is 110 g/mol. The molecule has 1 aliphatic heterocycles. The average Bonchev–Trinajstić information content (AvgIpc) is 2.33. The van der Waals surface area contributed by atoms with Crippen molar-refractivity contribution in [1.29, 1.82) is 0 Å². The van der Waals surface area contributed by atoms with E-state index in [-0.39, 0.29) is 0 Å². The molecule has 1 nitrogen and oxygen atoms in total. The summed E-state index contributed by atoms with van der Waals surface area (Å²) in [7, 11) is 0. The summed E-state index contributed by atoms with van der Waals surface area (Å²) in [5.41, 5.74) is 2.96. The van der Waals surface area contributed by atoms with Crippen molar-refractivity contribution in [3.05, 3.63) is 23.4 Å². The van der Waals surface area contributed by atoms with E-state index in [4.69, 9.17) is 0 Å². The second-order valence-electron chi connectivity index (χ2n) is 2.50. The van der Waals surface area contributed by atoms with Gasteiger partial charge in [0.2, 0.25) is 12.4 Å². The molecule has 2 rings (SSSR count). The van der Waals surface area contributed by atoms with Gasteiger partial charge in [-0.3, -0.25) is 0 Å². The van der Waals surface area contributed by atoms with Crippen molar-refractivity contribution >= 4 is 6.21 Å². The molecule has 0 bridgehead atoms. The van der Waals surface area contributed by atoms with Crippen LogP contribution in [0.5, 0.6) is 0 Å². The smallest absolute Gasteiger partial charge is 0.0449 e. The summed E-state index contributed by atoms with van der Waals surface area (Å²) in [6.45, 7) is 0. The predicted octanol–water partition coefficient (Wildman–Crippen LogP) is 1.40. The maximum Gasteiger partial charge on any atom is 0.245 e. The third-order valence-corrected chi connectivity index (χ3v) is 1.90. The highest BCUT2D eigenvalue weighted by Crippen LogP contribution is 2.25. The molecule has 0 spiro atoms. The molecule has 0 aromatic carbocycles. The summed E-state index contributed by atoms with van der Waals surface area (Å²) in [6.07, 6.45) is 9.82. The van der Waals surface area contributed by atoms with Gasteiger partial charge in [-0.25, -0.2) is 0 Å². The Morgan fingerprint density at radius 1 is 1.22 bits per heavy atom. The highest BCUT2D eigenvalue weighted by atomic mass is 14.7. The van der Waals surface area contributed by atoms with Gasteiger partial charge in [-0.1, -0.05) is 0 Å². The molecule has 0 amide bonds. The van der Waals surface area contributed by atoms with E-state index in [1.54, 1.807) is 0 Å². The second kappa shape index (κ2) is 1.83. The van der Waals surface area contributed by atoms with Gasteiger partial charge < -0.3 is 0 Å². The van der Waals surface area contributed by atoms with E-state index in [9.17, 15) is 0 Å². The molecule has 45 valence electrons. The summed E-state index contributed by atoms with van der Waals surface area (Å²) in [5, 5.41) is 0. The Labute approximate surface area is 54.8 Å². The lowest BCUT2D eigenvalue weighted by atomic mass is 10.1. The van der Waals surface area contributed by atoms with Gasteiger partial charge in [-0.2, -0.15) is 0 Å². The first-order chi connectivity index (χ1) is 4.47. The van der Waals surface area contributed by atoms with Gasteiger partial charge in [0.05, 0.1) is 4.99 Å². The summed E-state index contributed by atoms with van der Waals surface area (Å²) < 4.78 is 0. The molecule has 0 aromatic rings. The zero-order valence-corrected chi connectivity index (χ0v) is 5.30. The molecule has 0 saturated carbocycles. The first-order valence-electron chi connectivity index (χ1n) is 3.38. The minimum atomic E-state index is 1.24. The van der Waals surface area contributed by atoms with Crippen LogP contribution < -0.4 is 4.99 Å². The lowest BCUT2D eigenvalue weighted by Crippen LogP contribution is -1.93. The Balaban J connectivity index is 2.41. The van der Waals surface area contributed by atoms with E-state index in [0.717, 1.165) is 0 Å². The first-order valence-corrected chi connectivity index (χ1v) is 3.38. The van der Waals surface area contributed by atoms with E-state index in [0.29, 0.717) is 0 Å². The van der Waals surface area contributed by atoms with Gasteiger partial charge in [0.25, 0.3) is 0 Å². The van der Waals surface area contributed by atoms with Crippen LogP contribution in [0.2, 0.25) is 0 Å². The molecular formula is C8H9N+. The van der Waals surface area contributed by atoms with Crippen molar-refractivity contribution in [2.75, 3.05) is 0 Å². The maximum absolute atomic E-state index is 4.06. The first kappa shape index (κ1) is 4.98. The number of hydrogen-bond donors (Lipinski definition) is 0. The lowest BCUT2D eigenvalue weighted by Gasteiger charge is -1.90. The Bertz CT molecular complexity index is 187. The van der Waals surface area contributed by atoms with Crippen molar-refractivity contribution in [2.24, 2.45) is 0 Å². The molecule has 0 aromatic heterocycles. The zero-order chi connectivity index (χ0) is 6.10. The standard InChI is InChI=1S/C8H9N/c1-2-7-4-5-9-6-8(7)3-1/h4-6H,1-3H2/q+1. The summed E-state index contributed by atoms with van der Waals surface area (Å²) in [6, 6.07) is 0. The Morgan fingerprint density at radius 3 is 3.00 bits per heavy atom. The van der Waals surface area contributed by atoms with E-state index < -0.39 is 0 Å². The zero-order valence-electron chi connectivity index (χ0n) is 5.30. The molecule has 9 heavy (non-hydrogen) atoms. The largest absolute Gasteiger partial charge is 0.245 e. The third-order valence-electron chi connectivity index (χ3n) is 1.90. The van der Waals surface area contributed by atoms with Gasteiger partial charge in [0.15, 0.2) is 0 Å². The fourth-order valence-corrected chi connectivity index (χ4v) is 1.39. The molecule has 1 radical (unpaired) electrons. The van der Waals surface area contributed by atoms with Crippen LogP contribution in [0.1, 0.15) is 19.3 Å². The fraction of sp³-hybridized carbons (Fsp3) is 0.375. The quantitative estimate of drug-likeness (QED) is 0.457. The number of allylic oxidation sites excluding steroid dienone is 3. The van der Waals surface area contributed by atoms with E-state index >= 15 is 0 Å². The molecule has 0 N–H and O–H groups in total. The van der Waals surface area contributed by atoms with Gasteiger partial charge in [0, 0.05) is 11.6 Å². The molecule has 1 heterocycles. The summed E-state index contributed by atoms with van der Waals surface area (Å²) >= 11 is 0. The highest BCUT2D eigenvalue weighted by Gasteiger charge is 2.16. The van der Waals surface area contributed by atoms with Crippen LogP contribution in [-0.2, 0) is 0 Å². The van der Waals surface area contributed by atoms with Gasteiger partial charge in [-0.05, 0) is 24.8 Å². The minimum absolute atomic E-state index is 1.24. The van der Waals surface area contributed by atoms with Gasteiger partial charge in [0.1, 0.15) is 0 Å². The summed E-state index contributed by atoms with van der Waals surface area (Å²) in [4.78, 5) is 4.06. The van der Waals surface area contributed by atoms with E-state index in [1.807, 2.05) is 12.4 Å². The molecule has 2 aliphatic rings. The Morgan fingerprint density at radius 2 is 2.11 bits per heavy atom. The molecule has 0 saturated heterocycles. The van der Waals surface area contributed by atoms with Crippen molar-refractivity contribution in [1.82, 2.24) is 4.99 Å². The number of hydrogen-bond acceptors (Lipinski definition) is 1. The fourth-order valence-electron chi connectivity index (χ4n) is 1.39. The molecule has 0 fully saturated rings.